The van der Waals surface area contributed by atoms with E-state index >= 15 is 4.39 Å². The first kappa shape index (κ1) is 20.8. The molecule has 0 aliphatic heterocycles. The Kier molecular flexibility index (Phi) is 6.88. The molecule has 2 aliphatic carbocycles. The molecule has 0 radical (unpaired) electrons. The van der Waals surface area contributed by atoms with Crippen LogP contribution in [0.15, 0.2) is 30.3 Å². The molecule has 29 heavy (non-hydrogen) atoms. The van der Waals surface area contributed by atoms with E-state index in [9.17, 15) is 4.39 Å². The third kappa shape index (κ3) is 4.84. The number of benzene rings is 2. The van der Waals surface area contributed by atoms with Gasteiger partial charge in [-0.15, -0.1) is 0 Å². The lowest BCUT2D eigenvalue weighted by atomic mass is 9.63. The van der Waals surface area contributed by atoms with Crippen molar-refractivity contribution in [2.75, 3.05) is 0 Å². The van der Waals surface area contributed by atoms with Crippen LogP contribution in [0.1, 0.15) is 95.5 Å². The molecule has 4 atom stereocenters. The number of hydrogen-bond acceptors (Lipinski definition) is 0. The van der Waals surface area contributed by atoms with Gasteiger partial charge in [-0.05, 0) is 78.9 Å². The summed E-state index contributed by atoms with van der Waals surface area (Å²) in [4.78, 5) is 0. The second-order valence-corrected chi connectivity index (χ2v) is 9.75. The topological polar surface area (TPSA) is 0 Å². The Morgan fingerprint density at radius 2 is 1.59 bits per heavy atom. The summed E-state index contributed by atoms with van der Waals surface area (Å²) in [7, 11) is 0. The summed E-state index contributed by atoms with van der Waals surface area (Å²) in [5, 5.41) is 1.23. The predicted molar refractivity (Wildman–Crippen MR) is 118 cm³/mol. The lowest BCUT2D eigenvalue weighted by Gasteiger charge is -2.42. The Bertz CT molecular complexity index is 812. The molecule has 4 unspecified atom stereocenters. The highest BCUT2D eigenvalue weighted by Crippen LogP contribution is 2.49. The maximum Gasteiger partial charge on any atom is 0.134 e. The number of hydrogen-bond donors (Lipinski definition) is 0. The van der Waals surface area contributed by atoms with E-state index in [2.05, 4.69) is 6.92 Å². The van der Waals surface area contributed by atoms with Crippen LogP contribution in [0.3, 0.4) is 0 Å². The maximum atomic E-state index is 15.2. The van der Waals surface area contributed by atoms with Gasteiger partial charge < -0.3 is 0 Å². The molecule has 2 saturated carbocycles. The smallest absolute Gasteiger partial charge is 0.134 e. The fraction of sp³-hybridized carbons (Fsp3) is 0.630. The van der Waals surface area contributed by atoms with Gasteiger partial charge >= 0.3 is 0 Å². The van der Waals surface area contributed by atoms with Crippen molar-refractivity contribution in [3.8, 4) is 0 Å². The molecule has 158 valence electrons. The SMILES string of the molecule is CCCCCCCC1CCC2CC(c3ccc4ccc(F)cc4c3F)CCC2C1. The van der Waals surface area contributed by atoms with Crippen molar-refractivity contribution in [2.45, 2.75) is 89.9 Å². The minimum absolute atomic E-state index is 0.189. The maximum absolute atomic E-state index is 15.2. The molecule has 0 bridgehead atoms. The van der Waals surface area contributed by atoms with Crippen LogP contribution in [-0.2, 0) is 0 Å². The van der Waals surface area contributed by atoms with Gasteiger partial charge in [0.15, 0.2) is 0 Å². The molecule has 0 heterocycles. The summed E-state index contributed by atoms with van der Waals surface area (Å²) < 4.78 is 28.8. The number of unbranched alkanes of at least 4 members (excludes halogenated alkanes) is 4. The van der Waals surface area contributed by atoms with Crippen LogP contribution >= 0.6 is 0 Å². The molecule has 0 N–H and O–H groups in total. The fourth-order valence-corrected chi connectivity index (χ4v) is 6.16. The monoisotopic (exact) mass is 398 g/mol. The molecular weight excluding hydrogens is 362 g/mol. The first-order valence-corrected chi connectivity index (χ1v) is 12.0. The Labute approximate surface area is 175 Å². The molecule has 0 amide bonds. The average molecular weight is 399 g/mol. The first-order chi connectivity index (χ1) is 14.2. The highest BCUT2D eigenvalue weighted by atomic mass is 19.1. The van der Waals surface area contributed by atoms with E-state index in [0.29, 0.717) is 11.3 Å². The quantitative estimate of drug-likeness (QED) is 0.409. The Balaban J connectivity index is 1.36. The third-order valence-corrected chi connectivity index (χ3v) is 7.83. The zero-order valence-corrected chi connectivity index (χ0v) is 17.9. The standard InChI is InChI=1S/C27H36F2/c1-2-3-4-5-6-7-19-8-9-22-17-23(11-10-21(22)16-19)25-15-13-20-12-14-24(28)18-26(20)27(25)29/h12-15,18-19,21-23H,2-11,16-17H2,1H3. The predicted octanol–water partition coefficient (Wildman–Crippen LogP) is 8.78. The molecule has 2 heteroatoms. The van der Waals surface area contributed by atoms with Gasteiger partial charge in [-0.1, -0.05) is 70.1 Å². The minimum Gasteiger partial charge on any atom is -0.207 e. The van der Waals surface area contributed by atoms with Crippen LogP contribution in [0.4, 0.5) is 8.78 Å². The van der Waals surface area contributed by atoms with Crippen molar-refractivity contribution in [3.05, 3.63) is 47.5 Å². The number of halogens is 2. The molecule has 2 aromatic rings. The molecule has 4 rings (SSSR count). The third-order valence-electron chi connectivity index (χ3n) is 7.83. The van der Waals surface area contributed by atoms with Crippen LogP contribution in [0, 0.1) is 29.4 Å². The molecule has 0 saturated heterocycles. The van der Waals surface area contributed by atoms with Crippen molar-refractivity contribution in [1.29, 1.82) is 0 Å². The van der Waals surface area contributed by atoms with E-state index < -0.39 is 0 Å². The summed E-state index contributed by atoms with van der Waals surface area (Å²) in [6.45, 7) is 2.28. The fourth-order valence-electron chi connectivity index (χ4n) is 6.16. The van der Waals surface area contributed by atoms with Crippen molar-refractivity contribution in [2.24, 2.45) is 17.8 Å². The Morgan fingerprint density at radius 1 is 0.828 bits per heavy atom. The van der Waals surface area contributed by atoms with E-state index in [0.717, 1.165) is 41.5 Å². The van der Waals surface area contributed by atoms with Crippen LogP contribution in [0.2, 0.25) is 0 Å². The summed E-state index contributed by atoms with van der Waals surface area (Å²) in [6, 6.07) is 8.37. The number of fused-ring (bicyclic) bond motifs is 2. The largest absolute Gasteiger partial charge is 0.207 e. The van der Waals surface area contributed by atoms with Gasteiger partial charge in [0, 0.05) is 5.39 Å². The molecular formula is C27H36F2. The Morgan fingerprint density at radius 3 is 2.45 bits per heavy atom. The molecule has 0 spiro atoms. The first-order valence-electron chi connectivity index (χ1n) is 12.0. The van der Waals surface area contributed by atoms with E-state index in [1.54, 1.807) is 6.07 Å². The zero-order chi connectivity index (χ0) is 20.2. The van der Waals surface area contributed by atoms with Gasteiger partial charge in [0.05, 0.1) is 0 Å². The van der Waals surface area contributed by atoms with Crippen LogP contribution in [0.5, 0.6) is 0 Å². The molecule has 2 aliphatic rings. The van der Waals surface area contributed by atoms with Gasteiger partial charge in [-0.3, -0.25) is 0 Å². The van der Waals surface area contributed by atoms with E-state index in [1.165, 1.54) is 76.3 Å². The molecule has 0 aromatic heterocycles. The van der Waals surface area contributed by atoms with Crippen molar-refractivity contribution >= 4 is 10.8 Å². The number of rotatable bonds is 7. The van der Waals surface area contributed by atoms with E-state index in [-0.39, 0.29) is 11.6 Å². The van der Waals surface area contributed by atoms with Gasteiger partial charge in [0.25, 0.3) is 0 Å². The Hall–Kier alpha value is -1.44. The van der Waals surface area contributed by atoms with E-state index in [1.807, 2.05) is 12.1 Å². The summed E-state index contributed by atoms with van der Waals surface area (Å²) >= 11 is 0. The van der Waals surface area contributed by atoms with Crippen molar-refractivity contribution in [1.82, 2.24) is 0 Å². The van der Waals surface area contributed by atoms with Crippen molar-refractivity contribution in [3.63, 3.8) is 0 Å². The van der Waals surface area contributed by atoms with Crippen LogP contribution < -0.4 is 0 Å². The van der Waals surface area contributed by atoms with Gasteiger partial charge in [-0.25, -0.2) is 8.78 Å². The lowest BCUT2D eigenvalue weighted by Crippen LogP contribution is -2.30. The summed E-state index contributed by atoms with van der Waals surface area (Å²) in [5.41, 5.74) is 0.819. The molecule has 2 aromatic carbocycles. The van der Waals surface area contributed by atoms with Gasteiger partial charge in [0.1, 0.15) is 11.6 Å². The summed E-state index contributed by atoms with van der Waals surface area (Å²) in [6.07, 6.45) is 15.9. The molecule has 0 nitrogen and oxygen atoms in total. The minimum atomic E-state index is -0.356. The van der Waals surface area contributed by atoms with Crippen LogP contribution in [0.25, 0.3) is 10.8 Å². The lowest BCUT2D eigenvalue weighted by molar-refractivity contribution is 0.112. The molecule has 2 fully saturated rings. The van der Waals surface area contributed by atoms with Gasteiger partial charge in [0.2, 0.25) is 0 Å². The van der Waals surface area contributed by atoms with E-state index in [4.69, 9.17) is 0 Å². The van der Waals surface area contributed by atoms with Gasteiger partial charge in [-0.2, -0.15) is 0 Å². The van der Waals surface area contributed by atoms with Crippen molar-refractivity contribution < 1.29 is 8.78 Å². The zero-order valence-electron chi connectivity index (χ0n) is 17.9. The second kappa shape index (κ2) is 9.58. The highest BCUT2D eigenvalue weighted by Gasteiger charge is 2.36. The normalized spacial score (nSPS) is 27.1. The summed E-state index contributed by atoms with van der Waals surface area (Å²) in [5.74, 6) is 2.29. The van der Waals surface area contributed by atoms with Crippen LogP contribution in [-0.4, -0.2) is 0 Å². The second-order valence-electron chi connectivity index (χ2n) is 9.75. The highest BCUT2D eigenvalue weighted by molar-refractivity contribution is 5.84. The average Bonchev–Trinajstić information content (AvgIpc) is 2.74.